The fourth-order valence-electron chi connectivity index (χ4n) is 3.05. The van der Waals surface area contributed by atoms with Crippen LogP contribution in [-0.4, -0.2) is 15.1 Å². The quantitative estimate of drug-likeness (QED) is 0.587. The zero-order chi connectivity index (χ0) is 18.1. The second-order valence-corrected chi connectivity index (χ2v) is 6.18. The summed E-state index contributed by atoms with van der Waals surface area (Å²) in [4.78, 5) is 19.6. The molecule has 1 aromatic carbocycles. The average molecular weight is 346 g/mol. The summed E-state index contributed by atoms with van der Waals surface area (Å²) >= 11 is 0. The monoisotopic (exact) mass is 346 g/mol. The summed E-state index contributed by atoms with van der Waals surface area (Å²) in [5, 5.41) is 8.24. The molecule has 0 radical (unpaired) electrons. The number of aryl methyl sites for hydroxylation is 2. The fraction of sp³-hybridized carbons (Fsp3) is 0.150. The summed E-state index contributed by atoms with van der Waals surface area (Å²) in [6.07, 6.45) is 1.67. The standard InChI is InChI=1S/C20H18N4O2/c1-12-19(13(2)26-24-12)15-9-18(20(25)22-10-15)21-11-16-8-7-14-5-3-4-6-17(14)23-16/h3-10,21H,11H2,1-2H3,(H,22,25). The van der Waals surface area contributed by atoms with E-state index < -0.39 is 0 Å². The number of aromatic nitrogens is 3. The highest BCUT2D eigenvalue weighted by atomic mass is 16.5. The van der Waals surface area contributed by atoms with Crippen molar-refractivity contribution < 1.29 is 4.52 Å². The minimum absolute atomic E-state index is 0.179. The van der Waals surface area contributed by atoms with Crippen molar-refractivity contribution in [3.63, 3.8) is 0 Å². The van der Waals surface area contributed by atoms with Crippen molar-refractivity contribution in [3.05, 3.63) is 76.2 Å². The van der Waals surface area contributed by atoms with Gasteiger partial charge in [0.15, 0.2) is 0 Å². The highest BCUT2D eigenvalue weighted by Crippen LogP contribution is 2.27. The molecule has 0 aliphatic carbocycles. The Hall–Kier alpha value is -3.41. The van der Waals surface area contributed by atoms with Gasteiger partial charge in [0.25, 0.3) is 5.56 Å². The van der Waals surface area contributed by atoms with E-state index in [1.165, 1.54) is 0 Å². The highest BCUT2D eigenvalue weighted by Gasteiger charge is 2.13. The van der Waals surface area contributed by atoms with Crippen LogP contribution in [0.1, 0.15) is 17.1 Å². The highest BCUT2D eigenvalue weighted by molar-refractivity contribution is 5.78. The molecule has 0 fully saturated rings. The fourth-order valence-corrected chi connectivity index (χ4v) is 3.05. The number of hydrogen-bond acceptors (Lipinski definition) is 5. The van der Waals surface area contributed by atoms with E-state index in [4.69, 9.17) is 4.52 Å². The Labute approximate surface area is 149 Å². The van der Waals surface area contributed by atoms with Gasteiger partial charge in [-0.2, -0.15) is 0 Å². The second kappa shape index (κ2) is 6.48. The van der Waals surface area contributed by atoms with Crippen molar-refractivity contribution >= 4 is 16.6 Å². The molecule has 0 bridgehead atoms. The van der Waals surface area contributed by atoms with Gasteiger partial charge in [-0.1, -0.05) is 29.4 Å². The molecule has 0 atom stereocenters. The third-order valence-electron chi connectivity index (χ3n) is 4.34. The Bertz CT molecular complexity index is 1120. The van der Waals surface area contributed by atoms with Crippen LogP contribution in [0.3, 0.4) is 0 Å². The van der Waals surface area contributed by atoms with Crippen LogP contribution in [0.5, 0.6) is 0 Å². The van der Waals surface area contributed by atoms with E-state index >= 15 is 0 Å². The van der Waals surface area contributed by atoms with Crippen LogP contribution in [0.4, 0.5) is 5.69 Å². The lowest BCUT2D eigenvalue weighted by Gasteiger charge is -2.08. The average Bonchev–Trinajstić information content (AvgIpc) is 2.99. The van der Waals surface area contributed by atoms with Crippen LogP contribution in [0.15, 0.2) is 58.0 Å². The van der Waals surface area contributed by atoms with Gasteiger partial charge < -0.3 is 14.8 Å². The predicted octanol–water partition coefficient (Wildman–Crippen LogP) is 3.81. The SMILES string of the molecule is Cc1noc(C)c1-c1c[nH]c(=O)c(NCc2ccc3ccccc3n2)c1. The van der Waals surface area contributed by atoms with Crippen molar-refractivity contribution in [2.75, 3.05) is 5.32 Å². The molecule has 4 rings (SSSR count). The number of rotatable bonds is 4. The molecule has 2 N–H and O–H groups in total. The van der Waals surface area contributed by atoms with Crippen LogP contribution in [0.25, 0.3) is 22.0 Å². The van der Waals surface area contributed by atoms with Gasteiger partial charge in [0.05, 0.1) is 23.4 Å². The van der Waals surface area contributed by atoms with Crippen molar-refractivity contribution in [2.45, 2.75) is 20.4 Å². The van der Waals surface area contributed by atoms with E-state index in [-0.39, 0.29) is 5.56 Å². The molecule has 4 aromatic rings. The molecule has 6 heteroatoms. The molecule has 0 aliphatic heterocycles. The molecule has 0 spiro atoms. The Morgan fingerprint density at radius 1 is 1.15 bits per heavy atom. The maximum absolute atomic E-state index is 12.2. The molecule has 130 valence electrons. The molecule has 6 nitrogen and oxygen atoms in total. The number of para-hydroxylation sites is 1. The number of pyridine rings is 2. The summed E-state index contributed by atoms with van der Waals surface area (Å²) in [7, 11) is 0. The van der Waals surface area contributed by atoms with Crippen molar-refractivity contribution in [1.29, 1.82) is 0 Å². The van der Waals surface area contributed by atoms with Gasteiger partial charge in [0.2, 0.25) is 0 Å². The molecule has 3 heterocycles. The molecule has 0 saturated heterocycles. The maximum Gasteiger partial charge on any atom is 0.271 e. The lowest BCUT2D eigenvalue weighted by Crippen LogP contribution is -2.14. The number of nitrogens with zero attached hydrogens (tertiary/aromatic N) is 2. The third-order valence-corrected chi connectivity index (χ3v) is 4.34. The van der Waals surface area contributed by atoms with E-state index in [1.807, 2.05) is 56.3 Å². The lowest BCUT2D eigenvalue weighted by atomic mass is 10.1. The van der Waals surface area contributed by atoms with Gasteiger partial charge >= 0.3 is 0 Å². The Kier molecular flexibility index (Phi) is 4.01. The summed E-state index contributed by atoms with van der Waals surface area (Å²) in [6, 6.07) is 13.8. The van der Waals surface area contributed by atoms with E-state index in [2.05, 4.69) is 20.4 Å². The molecule has 26 heavy (non-hydrogen) atoms. The van der Waals surface area contributed by atoms with Crippen molar-refractivity contribution in [1.82, 2.24) is 15.1 Å². The van der Waals surface area contributed by atoms with Gasteiger partial charge in [-0.3, -0.25) is 9.78 Å². The summed E-state index contributed by atoms with van der Waals surface area (Å²) in [5.74, 6) is 0.719. The van der Waals surface area contributed by atoms with Crippen LogP contribution < -0.4 is 10.9 Å². The zero-order valence-electron chi connectivity index (χ0n) is 14.5. The van der Waals surface area contributed by atoms with Gasteiger partial charge in [-0.25, -0.2) is 0 Å². The Morgan fingerprint density at radius 3 is 2.81 bits per heavy atom. The predicted molar refractivity (Wildman–Crippen MR) is 101 cm³/mol. The summed E-state index contributed by atoms with van der Waals surface area (Å²) in [6.45, 7) is 4.19. The summed E-state index contributed by atoms with van der Waals surface area (Å²) in [5.41, 5.74) is 4.65. The lowest BCUT2D eigenvalue weighted by molar-refractivity contribution is 0.393. The minimum Gasteiger partial charge on any atom is -0.375 e. The van der Waals surface area contributed by atoms with Crippen molar-refractivity contribution in [3.8, 4) is 11.1 Å². The van der Waals surface area contributed by atoms with Crippen molar-refractivity contribution in [2.24, 2.45) is 0 Å². The first kappa shape index (κ1) is 16.1. The molecular formula is C20H18N4O2. The molecule has 0 saturated carbocycles. The number of aromatic amines is 1. The van der Waals surface area contributed by atoms with Gasteiger partial charge in [0, 0.05) is 22.7 Å². The summed E-state index contributed by atoms with van der Waals surface area (Å²) < 4.78 is 5.22. The maximum atomic E-state index is 12.2. The van der Waals surface area contributed by atoms with Crippen LogP contribution in [0.2, 0.25) is 0 Å². The second-order valence-electron chi connectivity index (χ2n) is 6.18. The molecule has 0 aliphatic rings. The van der Waals surface area contributed by atoms with Gasteiger partial charge in [0.1, 0.15) is 11.4 Å². The van der Waals surface area contributed by atoms with E-state index in [0.717, 1.165) is 39.2 Å². The smallest absolute Gasteiger partial charge is 0.271 e. The van der Waals surface area contributed by atoms with Crippen LogP contribution in [0, 0.1) is 13.8 Å². The first-order chi connectivity index (χ1) is 12.6. The van der Waals surface area contributed by atoms with Crippen LogP contribution >= 0.6 is 0 Å². The largest absolute Gasteiger partial charge is 0.375 e. The van der Waals surface area contributed by atoms with E-state index in [9.17, 15) is 4.79 Å². The normalized spacial score (nSPS) is 11.0. The molecule has 3 aromatic heterocycles. The molecular weight excluding hydrogens is 328 g/mol. The molecule has 0 unspecified atom stereocenters. The molecule has 0 amide bonds. The van der Waals surface area contributed by atoms with E-state index in [0.29, 0.717) is 12.2 Å². The number of hydrogen-bond donors (Lipinski definition) is 2. The first-order valence-corrected chi connectivity index (χ1v) is 8.36. The number of anilines is 1. The topological polar surface area (TPSA) is 83.8 Å². The van der Waals surface area contributed by atoms with E-state index in [1.54, 1.807) is 6.20 Å². The number of fused-ring (bicyclic) bond motifs is 1. The minimum atomic E-state index is -0.179. The Balaban J connectivity index is 1.61. The van der Waals surface area contributed by atoms with Gasteiger partial charge in [-0.15, -0.1) is 0 Å². The third kappa shape index (κ3) is 2.97. The first-order valence-electron chi connectivity index (χ1n) is 8.36. The number of H-pyrrole nitrogens is 1. The van der Waals surface area contributed by atoms with Gasteiger partial charge in [-0.05, 0) is 32.0 Å². The number of benzene rings is 1. The Morgan fingerprint density at radius 2 is 2.00 bits per heavy atom. The zero-order valence-corrected chi connectivity index (χ0v) is 14.5. The number of nitrogens with one attached hydrogen (secondary N) is 2. The van der Waals surface area contributed by atoms with Crippen LogP contribution in [-0.2, 0) is 6.54 Å².